The van der Waals surface area contributed by atoms with Crippen molar-refractivity contribution in [1.29, 1.82) is 0 Å². The maximum atomic E-state index is 5.81. The monoisotopic (exact) mass is 272 g/mol. The molecule has 3 fully saturated rings. The molecule has 20 heavy (non-hydrogen) atoms. The first-order chi connectivity index (χ1) is 9.90. The first-order valence-electron chi connectivity index (χ1n) is 6.99. The highest BCUT2D eigenvalue weighted by molar-refractivity contribution is 5.46. The van der Waals surface area contributed by atoms with Gasteiger partial charge in [-0.2, -0.15) is 0 Å². The predicted octanol–water partition coefficient (Wildman–Crippen LogP) is 0.811. The van der Waals surface area contributed by atoms with Gasteiger partial charge in [-0.1, -0.05) is 5.10 Å². The molecule has 0 N–H and O–H groups in total. The zero-order chi connectivity index (χ0) is 13.4. The van der Waals surface area contributed by atoms with Gasteiger partial charge in [-0.05, 0) is 18.9 Å². The number of aromatic nitrogens is 4. The molecule has 3 aliphatic rings. The summed E-state index contributed by atoms with van der Waals surface area (Å²) in [4.78, 5) is 12.8. The molecule has 5 heterocycles. The van der Waals surface area contributed by atoms with Gasteiger partial charge in [0, 0.05) is 38.4 Å². The fraction of sp³-hybridized carbons (Fsp3) is 0.538. The topological polar surface area (TPSA) is 71.2 Å². The summed E-state index contributed by atoms with van der Waals surface area (Å²) < 4.78 is 5.81. The van der Waals surface area contributed by atoms with E-state index in [2.05, 4.69) is 30.0 Å². The zero-order valence-electron chi connectivity index (χ0n) is 11.1. The van der Waals surface area contributed by atoms with Crippen molar-refractivity contribution in [3.8, 4) is 11.6 Å². The summed E-state index contributed by atoms with van der Waals surface area (Å²) >= 11 is 0. The van der Waals surface area contributed by atoms with Crippen molar-refractivity contribution < 1.29 is 4.42 Å². The summed E-state index contributed by atoms with van der Waals surface area (Å²) in [6.45, 7) is 4.37. The van der Waals surface area contributed by atoms with E-state index in [1.807, 2.05) is 0 Å². The minimum Gasteiger partial charge on any atom is -0.402 e. The molecule has 0 saturated carbocycles. The van der Waals surface area contributed by atoms with E-state index >= 15 is 0 Å². The van der Waals surface area contributed by atoms with Crippen LogP contribution < -0.4 is 4.90 Å². The summed E-state index contributed by atoms with van der Waals surface area (Å²) in [6.07, 6.45) is 5.50. The molecule has 0 amide bonds. The molecule has 7 heteroatoms. The number of anilines is 1. The molecule has 104 valence electrons. The largest absolute Gasteiger partial charge is 0.402 e. The van der Waals surface area contributed by atoms with Crippen LogP contribution in [0, 0.1) is 0 Å². The van der Waals surface area contributed by atoms with E-state index in [4.69, 9.17) is 4.42 Å². The lowest BCUT2D eigenvalue weighted by Gasteiger charge is -2.29. The van der Waals surface area contributed by atoms with E-state index in [0.717, 1.165) is 13.1 Å². The highest BCUT2D eigenvalue weighted by Gasteiger charge is 2.31. The SMILES string of the molecule is c1cc(-c2nnc(N3CCN4CCC3CC4)o2)ncn1. The Bertz CT molecular complexity index is 578. The highest BCUT2D eigenvalue weighted by Crippen LogP contribution is 2.27. The first-order valence-corrected chi connectivity index (χ1v) is 6.99. The van der Waals surface area contributed by atoms with Gasteiger partial charge < -0.3 is 14.2 Å². The van der Waals surface area contributed by atoms with Crippen LogP contribution in [0.5, 0.6) is 0 Å². The van der Waals surface area contributed by atoms with E-state index in [9.17, 15) is 0 Å². The maximum Gasteiger partial charge on any atom is 0.318 e. The van der Waals surface area contributed by atoms with Crippen molar-refractivity contribution in [3.63, 3.8) is 0 Å². The summed E-state index contributed by atoms with van der Waals surface area (Å²) in [5, 5.41) is 8.32. The van der Waals surface area contributed by atoms with Crippen LogP contribution in [0.3, 0.4) is 0 Å². The molecule has 2 aromatic rings. The second kappa shape index (κ2) is 4.82. The molecule has 3 aliphatic heterocycles. The lowest BCUT2D eigenvalue weighted by molar-refractivity contribution is 0.249. The molecular weight excluding hydrogens is 256 g/mol. The second-order valence-corrected chi connectivity index (χ2v) is 5.25. The predicted molar refractivity (Wildman–Crippen MR) is 72.1 cm³/mol. The van der Waals surface area contributed by atoms with Gasteiger partial charge in [0.1, 0.15) is 12.0 Å². The molecule has 2 bridgehead atoms. The van der Waals surface area contributed by atoms with Crippen molar-refractivity contribution in [2.24, 2.45) is 0 Å². The van der Waals surface area contributed by atoms with Crippen LogP contribution in [0.2, 0.25) is 0 Å². The van der Waals surface area contributed by atoms with Crippen LogP contribution >= 0.6 is 0 Å². The Hall–Kier alpha value is -2.02. The fourth-order valence-electron chi connectivity index (χ4n) is 2.99. The number of nitrogens with zero attached hydrogens (tertiary/aromatic N) is 6. The summed E-state index contributed by atoms with van der Waals surface area (Å²) in [5.74, 6) is 0.460. The molecule has 7 nitrogen and oxygen atoms in total. The Morgan fingerprint density at radius 1 is 1.10 bits per heavy atom. The number of hydrogen-bond donors (Lipinski definition) is 0. The average Bonchev–Trinajstić information content (AvgIpc) is 2.81. The van der Waals surface area contributed by atoms with Gasteiger partial charge in [0.15, 0.2) is 0 Å². The minimum absolute atomic E-state index is 0.460. The smallest absolute Gasteiger partial charge is 0.318 e. The number of rotatable bonds is 2. The molecule has 0 atom stereocenters. The summed E-state index contributed by atoms with van der Waals surface area (Å²) in [6, 6.07) is 2.91. The Morgan fingerprint density at radius 2 is 2.00 bits per heavy atom. The molecule has 5 rings (SSSR count). The van der Waals surface area contributed by atoms with Crippen molar-refractivity contribution in [3.05, 3.63) is 18.6 Å². The third kappa shape index (κ3) is 2.03. The van der Waals surface area contributed by atoms with Gasteiger partial charge in [0.2, 0.25) is 0 Å². The van der Waals surface area contributed by atoms with E-state index in [1.54, 1.807) is 12.3 Å². The lowest BCUT2D eigenvalue weighted by atomic mass is 10.1. The summed E-state index contributed by atoms with van der Waals surface area (Å²) in [5.41, 5.74) is 0.668. The van der Waals surface area contributed by atoms with E-state index in [0.29, 0.717) is 23.6 Å². The van der Waals surface area contributed by atoms with Crippen molar-refractivity contribution >= 4 is 6.01 Å². The van der Waals surface area contributed by atoms with Crippen LogP contribution in [-0.4, -0.2) is 57.3 Å². The minimum atomic E-state index is 0.460. The normalized spacial score (nSPS) is 25.7. The molecule has 0 aromatic carbocycles. The number of fused-ring (bicyclic) bond motifs is 4. The third-order valence-corrected chi connectivity index (χ3v) is 4.12. The van der Waals surface area contributed by atoms with Gasteiger partial charge >= 0.3 is 6.01 Å². The Labute approximate surface area is 116 Å². The van der Waals surface area contributed by atoms with Gasteiger partial charge in [-0.15, -0.1) is 5.10 Å². The van der Waals surface area contributed by atoms with Gasteiger partial charge in [-0.25, -0.2) is 9.97 Å². The first kappa shape index (κ1) is 11.8. The van der Waals surface area contributed by atoms with E-state index in [-0.39, 0.29) is 0 Å². The average molecular weight is 272 g/mol. The van der Waals surface area contributed by atoms with Gasteiger partial charge in [0.05, 0.1) is 0 Å². The van der Waals surface area contributed by atoms with Crippen LogP contribution in [0.1, 0.15) is 12.8 Å². The van der Waals surface area contributed by atoms with Crippen molar-refractivity contribution in [2.45, 2.75) is 18.9 Å². The molecule has 0 radical (unpaired) electrons. The standard InChI is InChI=1S/C13H16N6O/c1-4-14-9-15-11(1)12-16-17-13(20-12)19-8-7-18-5-2-10(19)3-6-18/h1,4,9-10H,2-3,5-8H2. The third-order valence-electron chi connectivity index (χ3n) is 4.12. The maximum absolute atomic E-state index is 5.81. The van der Waals surface area contributed by atoms with E-state index < -0.39 is 0 Å². The van der Waals surface area contributed by atoms with Crippen LogP contribution in [0.25, 0.3) is 11.6 Å². The van der Waals surface area contributed by atoms with Gasteiger partial charge in [-0.3, -0.25) is 0 Å². The molecular formula is C13H16N6O. The number of piperidine rings is 1. The molecule has 3 saturated heterocycles. The second-order valence-electron chi connectivity index (χ2n) is 5.25. The highest BCUT2D eigenvalue weighted by atomic mass is 16.4. The lowest BCUT2D eigenvalue weighted by Crippen LogP contribution is -2.38. The van der Waals surface area contributed by atoms with Crippen LogP contribution in [0.15, 0.2) is 23.0 Å². The molecule has 2 aromatic heterocycles. The number of hydrogen-bond acceptors (Lipinski definition) is 7. The Kier molecular flexibility index (Phi) is 2.84. The fourth-order valence-corrected chi connectivity index (χ4v) is 2.99. The van der Waals surface area contributed by atoms with E-state index in [1.165, 1.54) is 32.3 Å². The molecule has 0 aliphatic carbocycles. The molecule has 0 spiro atoms. The Morgan fingerprint density at radius 3 is 2.80 bits per heavy atom. The van der Waals surface area contributed by atoms with Crippen LogP contribution in [0.4, 0.5) is 6.01 Å². The zero-order valence-corrected chi connectivity index (χ0v) is 11.1. The Balaban J connectivity index is 1.61. The molecule has 0 unspecified atom stereocenters. The van der Waals surface area contributed by atoms with Gasteiger partial charge in [0.25, 0.3) is 5.89 Å². The van der Waals surface area contributed by atoms with Crippen molar-refractivity contribution in [1.82, 2.24) is 25.1 Å². The summed E-state index contributed by atoms with van der Waals surface area (Å²) in [7, 11) is 0. The quantitative estimate of drug-likeness (QED) is 0.801. The van der Waals surface area contributed by atoms with Crippen LogP contribution in [-0.2, 0) is 0 Å². The van der Waals surface area contributed by atoms with Crippen molar-refractivity contribution in [2.75, 3.05) is 31.1 Å².